The zero-order chi connectivity index (χ0) is 19.6. The number of aromatic amines is 1. The number of ether oxygens (including phenoxy) is 2. The minimum absolute atomic E-state index is 0.205. The first-order chi connectivity index (χ1) is 12.6. The van der Waals surface area contributed by atoms with Gasteiger partial charge in [-0.05, 0) is 56.5 Å². The highest BCUT2D eigenvalue weighted by Crippen LogP contribution is 2.47. The van der Waals surface area contributed by atoms with Crippen LogP contribution in [0.15, 0.2) is 9.53 Å². The molecule has 2 aromatic rings. The molecule has 4 heterocycles. The number of carbonyl (C=O) groups excluding carboxylic acids is 1. The molecule has 9 nitrogen and oxygen atoms in total. The fraction of sp³-hybridized carbons (Fsp3) is 0.647. The largest absolute Gasteiger partial charge is 0.444 e. The summed E-state index contributed by atoms with van der Waals surface area (Å²) >= 11 is 3.24. The lowest BCUT2D eigenvalue weighted by Gasteiger charge is -2.39. The topological polar surface area (TPSA) is 102 Å². The molecule has 2 aliphatic heterocycles. The van der Waals surface area contributed by atoms with Crippen molar-refractivity contribution in [1.29, 1.82) is 0 Å². The Kier molecular flexibility index (Phi) is 4.12. The number of carbonyl (C=O) groups is 1. The van der Waals surface area contributed by atoms with Crippen LogP contribution in [0.2, 0.25) is 0 Å². The van der Waals surface area contributed by atoms with Gasteiger partial charge in [0.05, 0.1) is 17.4 Å². The lowest BCUT2D eigenvalue weighted by molar-refractivity contribution is -0.104. The van der Waals surface area contributed by atoms with Gasteiger partial charge in [0.2, 0.25) is 0 Å². The van der Waals surface area contributed by atoms with E-state index in [1.54, 1.807) is 4.90 Å². The second kappa shape index (κ2) is 6.03. The van der Waals surface area contributed by atoms with Crippen LogP contribution in [-0.2, 0) is 15.1 Å². The number of nitrogens with one attached hydrogen (secondary N) is 1. The van der Waals surface area contributed by atoms with Gasteiger partial charge in [-0.1, -0.05) is 0 Å². The van der Waals surface area contributed by atoms with Gasteiger partial charge in [0, 0.05) is 13.1 Å². The van der Waals surface area contributed by atoms with Crippen LogP contribution in [0, 0.1) is 0 Å². The lowest BCUT2D eigenvalue weighted by Crippen LogP contribution is -2.48. The van der Waals surface area contributed by atoms with Crippen LogP contribution in [0.3, 0.4) is 0 Å². The van der Waals surface area contributed by atoms with E-state index >= 15 is 0 Å². The predicted molar refractivity (Wildman–Crippen MR) is 99.5 cm³/mol. The summed E-state index contributed by atoms with van der Waals surface area (Å²) in [6.07, 6.45) is 0.386. The lowest BCUT2D eigenvalue weighted by atomic mass is 9.85. The highest BCUT2D eigenvalue weighted by atomic mass is 79.9. The number of fused-ring (bicyclic) bond motifs is 3. The SMILES string of the molecule is C[C@H]1OC2(CCN(C(=O)OC(C)(C)C)CC2)c2c1nc1nc(Br)[nH]n1c2=O. The first-order valence-electron chi connectivity index (χ1n) is 8.94. The average Bonchev–Trinajstić information content (AvgIpc) is 3.05. The van der Waals surface area contributed by atoms with Crippen molar-refractivity contribution in [2.75, 3.05) is 13.1 Å². The molecule has 1 saturated heterocycles. The maximum absolute atomic E-state index is 13.1. The van der Waals surface area contributed by atoms with Crippen molar-refractivity contribution in [3.63, 3.8) is 0 Å². The Balaban J connectivity index is 1.65. The summed E-state index contributed by atoms with van der Waals surface area (Å²) in [7, 11) is 0. The highest BCUT2D eigenvalue weighted by molar-refractivity contribution is 9.10. The van der Waals surface area contributed by atoms with E-state index in [1.165, 1.54) is 4.52 Å². The summed E-state index contributed by atoms with van der Waals surface area (Å²) in [4.78, 5) is 35.8. The molecule has 0 aromatic carbocycles. The van der Waals surface area contributed by atoms with Crippen molar-refractivity contribution in [3.05, 3.63) is 26.3 Å². The second-order valence-electron chi connectivity index (χ2n) is 8.05. The molecule has 1 fully saturated rings. The van der Waals surface area contributed by atoms with Gasteiger partial charge < -0.3 is 14.4 Å². The summed E-state index contributed by atoms with van der Waals surface area (Å²) < 4.78 is 13.5. The fourth-order valence-corrected chi connectivity index (χ4v) is 4.16. The van der Waals surface area contributed by atoms with E-state index in [0.717, 1.165) is 0 Å². The van der Waals surface area contributed by atoms with Crippen LogP contribution in [0.5, 0.6) is 0 Å². The summed E-state index contributed by atoms with van der Waals surface area (Å²) in [5.41, 5.74) is -0.296. The third kappa shape index (κ3) is 3.04. The number of aromatic nitrogens is 4. The normalized spacial score (nSPS) is 21.7. The van der Waals surface area contributed by atoms with Crippen LogP contribution in [-0.4, -0.2) is 49.3 Å². The molecular weight excluding hydrogens is 418 g/mol. The van der Waals surface area contributed by atoms with Crippen molar-refractivity contribution in [2.24, 2.45) is 0 Å². The zero-order valence-corrected chi connectivity index (χ0v) is 17.3. The molecule has 0 bridgehead atoms. The predicted octanol–water partition coefficient (Wildman–Crippen LogP) is 2.50. The van der Waals surface area contributed by atoms with Crippen LogP contribution in [0.1, 0.15) is 57.9 Å². The van der Waals surface area contributed by atoms with E-state index < -0.39 is 11.2 Å². The van der Waals surface area contributed by atoms with E-state index in [-0.39, 0.29) is 17.8 Å². The van der Waals surface area contributed by atoms with E-state index in [4.69, 9.17) is 9.47 Å². The van der Waals surface area contributed by atoms with Gasteiger partial charge in [0.1, 0.15) is 11.2 Å². The Morgan fingerprint density at radius 2 is 2.00 bits per heavy atom. The van der Waals surface area contributed by atoms with Gasteiger partial charge in [0.25, 0.3) is 11.3 Å². The third-order valence-corrected chi connectivity index (χ3v) is 5.32. The maximum atomic E-state index is 13.1. The van der Waals surface area contributed by atoms with Gasteiger partial charge in [-0.2, -0.15) is 9.50 Å². The molecule has 1 atom stereocenters. The van der Waals surface area contributed by atoms with Gasteiger partial charge in [0.15, 0.2) is 4.73 Å². The maximum Gasteiger partial charge on any atom is 0.410 e. The minimum atomic E-state index is -0.740. The average molecular weight is 440 g/mol. The molecule has 10 heteroatoms. The van der Waals surface area contributed by atoms with Crippen molar-refractivity contribution in [3.8, 4) is 0 Å². The molecule has 4 rings (SSSR count). The quantitative estimate of drug-likeness (QED) is 0.676. The molecule has 27 heavy (non-hydrogen) atoms. The van der Waals surface area contributed by atoms with E-state index in [1.807, 2.05) is 27.7 Å². The third-order valence-electron chi connectivity index (χ3n) is 4.96. The summed E-state index contributed by atoms with van der Waals surface area (Å²) in [5, 5.41) is 2.85. The molecule has 0 aliphatic carbocycles. The summed E-state index contributed by atoms with van der Waals surface area (Å²) in [5.74, 6) is 0.310. The molecule has 1 spiro atoms. The highest BCUT2D eigenvalue weighted by Gasteiger charge is 2.50. The van der Waals surface area contributed by atoms with Crippen LogP contribution >= 0.6 is 15.9 Å². The Morgan fingerprint density at radius 3 is 2.63 bits per heavy atom. The Hall–Kier alpha value is -1.94. The smallest absolute Gasteiger partial charge is 0.410 e. The number of halogens is 1. The Morgan fingerprint density at radius 1 is 1.33 bits per heavy atom. The molecule has 0 unspecified atom stereocenters. The fourth-order valence-electron chi connectivity index (χ4n) is 3.83. The van der Waals surface area contributed by atoms with Gasteiger partial charge in [-0.25, -0.2) is 9.78 Å². The first kappa shape index (κ1) is 18.4. The number of piperidine rings is 1. The van der Waals surface area contributed by atoms with Gasteiger partial charge in [-0.15, -0.1) is 0 Å². The van der Waals surface area contributed by atoms with E-state index in [9.17, 15) is 9.59 Å². The van der Waals surface area contributed by atoms with Gasteiger partial charge >= 0.3 is 6.09 Å². The first-order valence-corrected chi connectivity index (χ1v) is 9.73. The molecule has 0 radical (unpaired) electrons. The van der Waals surface area contributed by atoms with E-state index in [2.05, 4.69) is 31.0 Å². The number of amides is 1. The molecular formula is C17H22BrN5O4. The number of rotatable bonds is 0. The standard InChI is InChI=1S/C17H22BrN5O4/c1-9-11-10(12(24)23-14(19-11)20-13(18)21-23)17(26-9)5-7-22(8-6-17)15(25)27-16(2,3)4/h9H,5-8H2,1-4H3,(H,19,20,21)/t9-/m1/s1. The number of nitrogens with zero attached hydrogens (tertiary/aromatic N) is 4. The number of likely N-dealkylation sites (tertiary alicyclic amines) is 1. The van der Waals surface area contributed by atoms with Crippen molar-refractivity contribution in [2.45, 2.75) is 57.8 Å². The zero-order valence-electron chi connectivity index (χ0n) is 15.7. The van der Waals surface area contributed by atoms with Crippen molar-refractivity contribution >= 4 is 27.8 Å². The summed E-state index contributed by atoms with van der Waals surface area (Å²) in [6, 6.07) is 0. The Labute approximate surface area is 164 Å². The molecule has 1 amide bonds. The number of hydrogen-bond acceptors (Lipinski definition) is 6. The second-order valence-corrected chi connectivity index (χ2v) is 8.80. The molecule has 1 N–H and O–H groups in total. The van der Waals surface area contributed by atoms with Crippen LogP contribution in [0.4, 0.5) is 4.79 Å². The summed E-state index contributed by atoms with van der Waals surface area (Å²) in [6.45, 7) is 8.32. The van der Waals surface area contributed by atoms with Gasteiger partial charge in [-0.3, -0.25) is 9.89 Å². The molecule has 2 aliphatic rings. The Bertz CT molecular complexity index is 968. The molecule has 146 valence electrons. The number of H-pyrrole nitrogens is 1. The minimum Gasteiger partial charge on any atom is -0.444 e. The van der Waals surface area contributed by atoms with Crippen molar-refractivity contribution in [1.82, 2.24) is 24.5 Å². The van der Waals surface area contributed by atoms with Crippen LogP contribution in [0.25, 0.3) is 5.78 Å². The van der Waals surface area contributed by atoms with E-state index in [0.29, 0.717) is 47.7 Å². The monoisotopic (exact) mass is 439 g/mol. The molecule has 0 saturated carbocycles. The molecule has 2 aromatic heterocycles. The van der Waals surface area contributed by atoms with Crippen molar-refractivity contribution < 1.29 is 14.3 Å². The van der Waals surface area contributed by atoms with Crippen LogP contribution < -0.4 is 5.56 Å². The number of hydrogen-bond donors (Lipinski definition) is 1.